The molecule has 0 aliphatic rings. The summed E-state index contributed by atoms with van der Waals surface area (Å²) in [6.45, 7) is -0.117. The Labute approximate surface area is 148 Å². The number of nitro groups is 1. The fourth-order valence-electron chi connectivity index (χ4n) is 1.89. The van der Waals surface area contributed by atoms with Gasteiger partial charge in [0.05, 0.1) is 15.5 Å². The number of benzene rings is 2. The monoisotopic (exact) mass is 384 g/mol. The summed E-state index contributed by atoms with van der Waals surface area (Å²) < 4.78 is 30.9. The van der Waals surface area contributed by atoms with Crippen LogP contribution < -0.4 is 4.72 Å². The fraction of sp³-hybridized carbons (Fsp3) is 0.133. The van der Waals surface area contributed by atoms with Crippen molar-refractivity contribution in [1.29, 1.82) is 0 Å². The molecule has 25 heavy (non-hydrogen) atoms. The maximum Gasteiger partial charge on any atom is 0.338 e. The van der Waals surface area contributed by atoms with Gasteiger partial charge in [-0.3, -0.25) is 10.1 Å². The summed E-state index contributed by atoms with van der Waals surface area (Å²) in [5.74, 6) is -0.748. The molecule has 2 aromatic carbocycles. The highest BCUT2D eigenvalue weighted by atomic mass is 35.5. The highest BCUT2D eigenvalue weighted by molar-refractivity contribution is 7.89. The predicted octanol–water partition coefficient (Wildman–Crippen LogP) is 2.51. The van der Waals surface area contributed by atoms with Crippen LogP contribution in [0.25, 0.3) is 0 Å². The molecule has 132 valence electrons. The molecule has 0 saturated heterocycles. The lowest BCUT2D eigenvalue weighted by atomic mass is 10.2. The van der Waals surface area contributed by atoms with Crippen LogP contribution >= 0.6 is 11.6 Å². The Morgan fingerprint density at radius 1 is 1.24 bits per heavy atom. The Hall–Kier alpha value is -2.49. The lowest BCUT2D eigenvalue weighted by Gasteiger charge is -2.08. The second kappa shape index (κ2) is 7.60. The molecule has 2 aromatic rings. The quantitative estimate of drug-likeness (QED) is 0.464. The van der Waals surface area contributed by atoms with Crippen LogP contribution in [0.2, 0.25) is 5.02 Å². The number of halogens is 1. The number of non-ortho nitro benzene ring substituents is 1. The SMILES string of the molecule is CNS(=O)(=O)c1cc(C(=O)OCc2ccc([N+](=O)[O-])cc2)ccc1Cl. The number of hydrogen-bond donors (Lipinski definition) is 1. The van der Waals surface area contributed by atoms with Gasteiger partial charge < -0.3 is 4.74 Å². The van der Waals surface area contributed by atoms with Crippen molar-refractivity contribution in [2.75, 3.05) is 7.05 Å². The number of hydrogen-bond acceptors (Lipinski definition) is 6. The van der Waals surface area contributed by atoms with Crippen molar-refractivity contribution in [3.8, 4) is 0 Å². The van der Waals surface area contributed by atoms with E-state index in [1.807, 2.05) is 0 Å². The molecule has 8 nitrogen and oxygen atoms in total. The molecule has 0 aliphatic heterocycles. The first kappa shape index (κ1) is 18.8. The number of nitro benzene ring substituents is 1. The number of nitrogens with one attached hydrogen (secondary N) is 1. The molecule has 0 atom stereocenters. The van der Waals surface area contributed by atoms with E-state index in [0.29, 0.717) is 5.56 Å². The number of carbonyl (C=O) groups excluding carboxylic acids is 1. The number of nitrogens with zero attached hydrogens (tertiary/aromatic N) is 1. The lowest BCUT2D eigenvalue weighted by molar-refractivity contribution is -0.384. The lowest BCUT2D eigenvalue weighted by Crippen LogP contribution is -2.19. The van der Waals surface area contributed by atoms with E-state index in [-0.39, 0.29) is 27.8 Å². The minimum atomic E-state index is -3.82. The molecule has 10 heteroatoms. The van der Waals surface area contributed by atoms with Crippen LogP contribution in [0.15, 0.2) is 47.4 Å². The molecule has 1 N–H and O–H groups in total. The number of ether oxygens (including phenoxy) is 1. The van der Waals surface area contributed by atoms with Crippen molar-refractivity contribution in [1.82, 2.24) is 4.72 Å². The van der Waals surface area contributed by atoms with E-state index in [1.165, 1.54) is 43.4 Å². The van der Waals surface area contributed by atoms with E-state index in [9.17, 15) is 23.3 Å². The highest BCUT2D eigenvalue weighted by Gasteiger charge is 2.19. The summed E-state index contributed by atoms with van der Waals surface area (Å²) in [6.07, 6.45) is 0. The van der Waals surface area contributed by atoms with Crippen LogP contribution in [0, 0.1) is 10.1 Å². The van der Waals surface area contributed by atoms with Crippen molar-refractivity contribution in [3.05, 3.63) is 68.7 Å². The van der Waals surface area contributed by atoms with Gasteiger partial charge in [0.1, 0.15) is 11.5 Å². The minimum Gasteiger partial charge on any atom is -0.457 e. The third-order valence-electron chi connectivity index (χ3n) is 3.24. The van der Waals surface area contributed by atoms with Gasteiger partial charge in [-0.2, -0.15) is 0 Å². The zero-order valence-corrected chi connectivity index (χ0v) is 14.5. The second-order valence-electron chi connectivity index (χ2n) is 4.85. The average Bonchev–Trinajstić information content (AvgIpc) is 2.60. The second-order valence-corrected chi connectivity index (χ2v) is 7.11. The van der Waals surface area contributed by atoms with Gasteiger partial charge in [-0.1, -0.05) is 11.6 Å². The van der Waals surface area contributed by atoms with Crippen LogP contribution in [0.4, 0.5) is 5.69 Å². The fourth-order valence-corrected chi connectivity index (χ4v) is 3.14. The van der Waals surface area contributed by atoms with E-state index in [1.54, 1.807) is 0 Å². The first-order valence-corrected chi connectivity index (χ1v) is 8.74. The van der Waals surface area contributed by atoms with Crippen molar-refractivity contribution in [3.63, 3.8) is 0 Å². The topological polar surface area (TPSA) is 116 Å². The Bertz CT molecular complexity index is 912. The van der Waals surface area contributed by atoms with Gasteiger partial charge in [0.25, 0.3) is 5.69 Å². The van der Waals surface area contributed by atoms with Crippen molar-refractivity contribution in [2.24, 2.45) is 0 Å². The predicted molar refractivity (Wildman–Crippen MR) is 89.9 cm³/mol. The van der Waals surface area contributed by atoms with Crippen molar-refractivity contribution < 1.29 is 22.9 Å². The molecule has 0 aromatic heterocycles. The molecule has 0 heterocycles. The maximum absolute atomic E-state index is 12.1. The molecule has 0 unspecified atom stereocenters. The Morgan fingerprint density at radius 3 is 2.44 bits per heavy atom. The van der Waals surface area contributed by atoms with Gasteiger partial charge in [-0.05, 0) is 42.9 Å². The van der Waals surface area contributed by atoms with Crippen molar-refractivity contribution in [2.45, 2.75) is 11.5 Å². The molecule has 0 radical (unpaired) electrons. The highest BCUT2D eigenvalue weighted by Crippen LogP contribution is 2.23. The van der Waals surface area contributed by atoms with Crippen molar-refractivity contribution >= 4 is 33.3 Å². The van der Waals surface area contributed by atoms with Gasteiger partial charge in [0, 0.05) is 12.1 Å². The molecule has 0 saturated carbocycles. The zero-order chi connectivity index (χ0) is 18.6. The molecular formula is C15H13ClN2O6S. The number of sulfonamides is 1. The summed E-state index contributed by atoms with van der Waals surface area (Å²) >= 11 is 5.85. The largest absolute Gasteiger partial charge is 0.457 e. The third-order valence-corrected chi connectivity index (χ3v) is 5.14. The molecule has 0 amide bonds. The van der Waals surface area contributed by atoms with Gasteiger partial charge >= 0.3 is 5.97 Å². The van der Waals surface area contributed by atoms with E-state index < -0.39 is 20.9 Å². The molecule has 0 spiro atoms. The van der Waals surface area contributed by atoms with Crippen LogP contribution in [-0.2, 0) is 21.4 Å². The summed E-state index contributed by atoms with van der Waals surface area (Å²) in [7, 11) is -2.59. The van der Waals surface area contributed by atoms with Gasteiger partial charge in [0.15, 0.2) is 0 Å². The van der Waals surface area contributed by atoms with E-state index in [0.717, 1.165) is 6.07 Å². The minimum absolute atomic E-state index is 0.0140. The Balaban J connectivity index is 2.13. The van der Waals surface area contributed by atoms with Gasteiger partial charge in [0.2, 0.25) is 10.0 Å². The van der Waals surface area contributed by atoms with Crippen LogP contribution in [0.5, 0.6) is 0 Å². The van der Waals surface area contributed by atoms with Gasteiger partial charge in [-0.25, -0.2) is 17.9 Å². The number of esters is 1. The smallest absolute Gasteiger partial charge is 0.338 e. The first-order chi connectivity index (χ1) is 11.7. The van der Waals surface area contributed by atoms with Gasteiger partial charge in [-0.15, -0.1) is 0 Å². The number of carbonyl (C=O) groups is 1. The molecule has 2 rings (SSSR count). The van der Waals surface area contributed by atoms with E-state index >= 15 is 0 Å². The normalized spacial score (nSPS) is 11.1. The summed E-state index contributed by atoms with van der Waals surface area (Å²) in [4.78, 5) is 21.9. The summed E-state index contributed by atoms with van der Waals surface area (Å²) in [6, 6.07) is 9.26. The average molecular weight is 385 g/mol. The third kappa shape index (κ3) is 4.53. The number of rotatable bonds is 6. The standard InChI is InChI=1S/C15H13ClN2O6S/c1-17-25(22,23)14-8-11(4-7-13(14)16)15(19)24-9-10-2-5-12(6-3-10)18(20)21/h2-8,17H,9H2,1H3. The van der Waals surface area contributed by atoms with E-state index in [4.69, 9.17) is 16.3 Å². The van der Waals surface area contributed by atoms with E-state index in [2.05, 4.69) is 4.72 Å². The molecule has 0 fully saturated rings. The molecular weight excluding hydrogens is 372 g/mol. The summed E-state index contributed by atoms with van der Waals surface area (Å²) in [5.41, 5.74) is 0.491. The van der Waals surface area contributed by atoms with Crippen LogP contribution in [-0.4, -0.2) is 26.4 Å². The summed E-state index contributed by atoms with van der Waals surface area (Å²) in [5, 5.41) is 10.6. The molecule has 0 aliphatic carbocycles. The Morgan fingerprint density at radius 2 is 1.88 bits per heavy atom. The molecule has 0 bridgehead atoms. The first-order valence-electron chi connectivity index (χ1n) is 6.88. The maximum atomic E-state index is 12.1. The zero-order valence-electron chi connectivity index (χ0n) is 12.9. The van der Waals surface area contributed by atoms with Crippen LogP contribution in [0.3, 0.4) is 0 Å². The van der Waals surface area contributed by atoms with Crippen LogP contribution in [0.1, 0.15) is 15.9 Å². The Kier molecular flexibility index (Phi) is 5.73.